The molecule has 2 rings (SSSR count). The number of carbonyl (C=O) groups excluding carboxylic acids is 2. The molecule has 1 aromatic rings. The van der Waals surface area contributed by atoms with E-state index in [-0.39, 0.29) is 11.8 Å². The van der Waals surface area contributed by atoms with Crippen LogP contribution in [0.1, 0.15) is 23.7 Å². The summed E-state index contributed by atoms with van der Waals surface area (Å²) in [6, 6.07) is 3.50. The third-order valence-electron chi connectivity index (χ3n) is 3.22. The summed E-state index contributed by atoms with van der Waals surface area (Å²) in [5, 5.41) is 0. The first-order valence-electron chi connectivity index (χ1n) is 6.25. The zero-order valence-corrected chi connectivity index (χ0v) is 12.4. The monoisotopic (exact) mass is 325 g/mol. The second kappa shape index (κ2) is 6.14. The van der Waals surface area contributed by atoms with Gasteiger partial charge in [-0.2, -0.15) is 0 Å². The van der Waals surface area contributed by atoms with Crippen molar-refractivity contribution in [2.24, 2.45) is 0 Å². The van der Waals surface area contributed by atoms with Crippen molar-refractivity contribution in [3.63, 3.8) is 0 Å². The Kier molecular flexibility index (Phi) is 4.52. The average Bonchev–Trinajstić information content (AvgIpc) is 2.64. The van der Waals surface area contributed by atoms with E-state index in [1.54, 1.807) is 35.1 Å². The Morgan fingerprint density at radius 2 is 1.89 bits per heavy atom. The van der Waals surface area contributed by atoms with Crippen LogP contribution in [0, 0.1) is 0 Å². The number of amides is 2. The van der Waals surface area contributed by atoms with Gasteiger partial charge < -0.3 is 9.80 Å². The van der Waals surface area contributed by atoms with Crippen LogP contribution in [0.2, 0.25) is 0 Å². The van der Waals surface area contributed by atoms with E-state index in [1.807, 2.05) is 0 Å². The average molecular weight is 326 g/mol. The number of rotatable bonds is 1. The summed E-state index contributed by atoms with van der Waals surface area (Å²) < 4.78 is 0.563. The fourth-order valence-corrected chi connectivity index (χ4v) is 2.57. The lowest BCUT2D eigenvalue weighted by Crippen LogP contribution is -2.36. The summed E-state index contributed by atoms with van der Waals surface area (Å²) in [7, 11) is 0. The smallest absolute Gasteiger partial charge is 0.256 e. The van der Waals surface area contributed by atoms with E-state index in [4.69, 9.17) is 0 Å². The van der Waals surface area contributed by atoms with Gasteiger partial charge in [0.2, 0.25) is 5.91 Å². The number of hydrogen-bond donors (Lipinski definition) is 0. The van der Waals surface area contributed by atoms with Crippen LogP contribution < -0.4 is 0 Å². The number of hydrogen-bond acceptors (Lipinski definition) is 3. The van der Waals surface area contributed by atoms with Gasteiger partial charge in [0.25, 0.3) is 5.91 Å². The van der Waals surface area contributed by atoms with Crippen molar-refractivity contribution in [1.82, 2.24) is 14.8 Å². The minimum absolute atomic E-state index is 0.0367. The van der Waals surface area contributed by atoms with E-state index in [9.17, 15) is 9.59 Å². The fourth-order valence-electron chi connectivity index (χ4n) is 2.15. The number of aromatic nitrogens is 1. The molecule has 1 aliphatic rings. The second-order valence-corrected chi connectivity index (χ2v) is 5.24. The number of carbonyl (C=O) groups is 2. The van der Waals surface area contributed by atoms with Gasteiger partial charge in [0.1, 0.15) is 4.60 Å². The van der Waals surface area contributed by atoms with Gasteiger partial charge in [0, 0.05) is 39.3 Å². The molecule has 0 N–H and O–H groups in total. The third kappa shape index (κ3) is 3.32. The van der Waals surface area contributed by atoms with Crippen molar-refractivity contribution in [2.45, 2.75) is 13.3 Å². The van der Waals surface area contributed by atoms with Crippen LogP contribution in [0.5, 0.6) is 0 Å². The summed E-state index contributed by atoms with van der Waals surface area (Å²) in [6.45, 7) is 4.12. The number of halogens is 1. The maximum atomic E-state index is 12.4. The molecular weight excluding hydrogens is 310 g/mol. The van der Waals surface area contributed by atoms with E-state index >= 15 is 0 Å². The van der Waals surface area contributed by atoms with Crippen LogP contribution in [-0.2, 0) is 4.79 Å². The van der Waals surface area contributed by atoms with Crippen molar-refractivity contribution in [1.29, 1.82) is 0 Å². The van der Waals surface area contributed by atoms with Gasteiger partial charge in [-0.25, -0.2) is 4.98 Å². The summed E-state index contributed by atoms with van der Waals surface area (Å²) in [6.07, 6.45) is 2.45. The molecular formula is C13H16BrN3O2. The van der Waals surface area contributed by atoms with Crippen molar-refractivity contribution >= 4 is 27.7 Å². The molecule has 1 saturated heterocycles. The fraction of sp³-hybridized carbons (Fsp3) is 0.462. The molecule has 2 amide bonds. The highest BCUT2D eigenvalue weighted by Crippen LogP contribution is 2.16. The van der Waals surface area contributed by atoms with Crippen LogP contribution in [-0.4, -0.2) is 52.8 Å². The molecule has 0 saturated carbocycles. The molecule has 19 heavy (non-hydrogen) atoms. The highest BCUT2D eigenvalue weighted by atomic mass is 79.9. The highest BCUT2D eigenvalue weighted by Gasteiger charge is 2.22. The van der Waals surface area contributed by atoms with Gasteiger partial charge in [0.05, 0.1) is 5.56 Å². The van der Waals surface area contributed by atoms with Gasteiger partial charge in [-0.05, 0) is 34.5 Å². The molecule has 0 radical (unpaired) electrons. The first-order valence-corrected chi connectivity index (χ1v) is 7.04. The quantitative estimate of drug-likeness (QED) is 0.736. The molecule has 1 aliphatic heterocycles. The van der Waals surface area contributed by atoms with Crippen molar-refractivity contribution in [3.05, 3.63) is 28.5 Å². The topological polar surface area (TPSA) is 53.5 Å². The Morgan fingerprint density at radius 3 is 2.58 bits per heavy atom. The molecule has 0 spiro atoms. The molecule has 5 nitrogen and oxygen atoms in total. The minimum atomic E-state index is -0.0367. The van der Waals surface area contributed by atoms with E-state index in [0.29, 0.717) is 36.3 Å². The molecule has 6 heteroatoms. The molecule has 1 fully saturated rings. The molecule has 1 aromatic heterocycles. The standard InChI is InChI=1S/C13H16BrN3O2/c1-10(18)16-6-3-7-17(9-8-16)13(19)11-4-2-5-15-12(11)14/h2,4-5H,3,6-9H2,1H3. The molecule has 0 unspecified atom stereocenters. The van der Waals surface area contributed by atoms with Crippen LogP contribution in [0.4, 0.5) is 0 Å². The van der Waals surface area contributed by atoms with Crippen molar-refractivity contribution in [2.75, 3.05) is 26.2 Å². The molecule has 0 atom stereocenters. The molecule has 2 heterocycles. The van der Waals surface area contributed by atoms with Gasteiger partial charge >= 0.3 is 0 Å². The van der Waals surface area contributed by atoms with Gasteiger partial charge in [-0.3, -0.25) is 9.59 Å². The summed E-state index contributed by atoms with van der Waals surface area (Å²) in [4.78, 5) is 31.4. The van der Waals surface area contributed by atoms with Crippen LogP contribution in [0.15, 0.2) is 22.9 Å². The normalized spacial score (nSPS) is 16.1. The first kappa shape index (κ1) is 14.0. The largest absolute Gasteiger partial charge is 0.341 e. The number of nitrogens with zero attached hydrogens (tertiary/aromatic N) is 3. The third-order valence-corrected chi connectivity index (χ3v) is 3.85. The van der Waals surface area contributed by atoms with Crippen LogP contribution in [0.25, 0.3) is 0 Å². The Morgan fingerprint density at radius 1 is 1.21 bits per heavy atom. The summed E-state index contributed by atoms with van der Waals surface area (Å²) in [5.41, 5.74) is 0.568. The highest BCUT2D eigenvalue weighted by molar-refractivity contribution is 9.10. The van der Waals surface area contributed by atoms with Gasteiger partial charge in [0.15, 0.2) is 0 Å². The predicted molar refractivity (Wildman–Crippen MR) is 74.7 cm³/mol. The molecule has 0 aromatic carbocycles. The SMILES string of the molecule is CC(=O)N1CCCN(C(=O)c2cccnc2Br)CC1. The second-order valence-electron chi connectivity index (χ2n) is 4.49. The molecule has 0 aliphatic carbocycles. The van der Waals surface area contributed by atoms with Gasteiger partial charge in [-0.15, -0.1) is 0 Å². The van der Waals surface area contributed by atoms with E-state index in [1.165, 1.54) is 0 Å². The lowest BCUT2D eigenvalue weighted by Gasteiger charge is -2.21. The maximum absolute atomic E-state index is 12.4. The van der Waals surface area contributed by atoms with E-state index < -0.39 is 0 Å². The first-order chi connectivity index (χ1) is 9.09. The van der Waals surface area contributed by atoms with E-state index in [0.717, 1.165) is 6.42 Å². The zero-order valence-electron chi connectivity index (χ0n) is 10.8. The van der Waals surface area contributed by atoms with E-state index in [2.05, 4.69) is 20.9 Å². The summed E-state index contributed by atoms with van der Waals surface area (Å²) >= 11 is 3.29. The van der Waals surface area contributed by atoms with Gasteiger partial charge in [-0.1, -0.05) is 0 Å². The minimum Gasteiger partial charge on any atom is -0.341 e. The Balaban J connectivity index is 2.08. The van der Waals surface area contributed by atoms with Crippen LogP contribution >= 0.6 is 15.9 Å². The number of pyridine rings is 1. The molecule has 0 bridgehead atoms. The lowest BCUT2D eigenvalue weighted by atomic mass is 10.2. The Hall–Kier alpha value is -1.43. The van der Waals surface area contributed by atoms with Crippen LogP contribution in [0.3, 0.4) is 0 Å². The Bertz CT molecular complexity index is 493. The zero-order chi connectivity index (χ0) is 13.8. The predicted octanol–water partition coefficient (Wildman–Crippen LogP) is 1.54. The van der Waals surface area contributed by atoms with Crippen molar-refractivity contribution < 1.29 is 9.59 Å². The summed E-state index contributed by atoms with van der Waals surface area (Å²) in [5.74, 6) is 0.0298. The lowest BCUT2D eigenvalue weighted by molar-refractivity contribution is -0.128. The maximum Gasteiger partial charge on any atom is 0.256 e. The Labute approximate surface area is 120 Å². The van der Waals surface area contributed by atoms with Crippen molar-refractivity contribution in [3.8, 4) is 0 Å². The molecule has 102 valence electrons.